The van der Waals surface area contributed by atoms with Gasteiger partial charge in [0.15, 0.2) is 0 Å². The van der Waals surface area contributed by atoms with Crippen LogP contribution in [0.5, 0.6) is 0 Å². The van der Waals surface area contributed by atoms with Crippen molar-refractivity contribution in [3.63, 3.8) is 0 Å². The average molecular weight is 397 g/mol. The molecule has 2 saturated heterocycles. The highest BCUT2D eigenvalue weighted by Gasteiger charge is 2.27. The van der Waals surface area contributed by atoms with Gasteiger partial charge in [0.1, 0.15) is 5.82 Å². The van der Waals surface area contributed by atoms with E-state index in [1.54, 1.807) is 40.9 Å². The Morgan fingerprint density at radius 1 is 1.17 bits per heavy atom. The second kappa shape index (κ2) is 8.49. The summed E-state index contributed by atoms with van der Waals surface area (Å²) in [4.78, 5) is 26.6. The lowest BCUT2D eigenvalue weighted by Gasteiger charge is -2.32. The minimum atomic E-state index is -0.447. The summed E-state index contributed by atoms with van der Waals surface area (Å²) < 4.78 is 16.0. The largest absolute Gasteiger partial charge is 0.339 e. The first-order valence-electron chi connectivity index (χ1n) is 10.5. The van der Waals surface area contributed by atoms with Gasteiger partial charge >= 0.3 is 0 Å². The van der Waals surface area contributed by atoms with E-state index in [4.69, 9.17) is 0 Å². The lowest BCUT2D eigenvalue weighted by atomic mass is 9.89. The molecule has 1 aromatic heterocycles. The molecule has 3 heterocycles. The molecule has 2 aliphatic heterocycles. The zero-order valence-electron chi connectivity index (χ0n) is 16.9. The number of rotatable bonds is 4. The van der Waals surface area contributed by atoms with E-state index in [2.05, 4.69) is 5.32 Å². The van der Waals surface area contributed by atoms with E-state index in [0.717, 1.165) is 49.9 Å². The van der Waals surface area contributed by atoms with E-state index >= 15 is 0 Å². The van der Waals surface area contributed by atoms with Gasteiger partial charge in [0.2, 0.25) is 0 Å². The van der Waals surface area contributed by atoms with Crippen LogP contribution in [-0.2, 0) is 13.5 Å². The molecule has 1 N–H and O–H groups in total. The van der Waals surface area contributed by atoms with E-state index in [1.165, 1.54) is 6.07 Å². The van der Waals surface area contributed by atoms with Crippen LogP contribution >= 0.6 is 0 Å². The zero-order valence-corrected chi connectivity index (χ0v) is 16.9. The molecular weight excluding hydrogens is 369 g/mol. The Morgan fingerprint density at radius 3 is 2.66 bits per heavy atom. The topological polar surface area (TPSA) is 54.3 Å². The summed E-state index contributed by atoms with van der Waals surface area (Å²) in [7, 11) is 1.74. The first-order chi connectivity index (χ1) is 14.0. The monoisotopic (exact) mass is 397 g/mol. The highest BCUT2D eigenvalue weighted by molar-refractivity contribution is 5.94. The third-order valence-corrected chi connectivity index (χ3v) is 6.33. The third kappa shape index (κ3) is 4.42. The second-order valence-corrected chi connectivity index (χ2v) is 8.35. The number of aromatic nitrogens is 1. The van der Waals surface area contributed by atoms with Gasteiger partial charge in [-0.1, -0.05) is 6.07 Å². The van der Waals surface area contributed by atoms with E-state index in [0.29, 0.717) is 19.0 Å². The number of carbonyl (C=O) groups is 1. The molecule has 0 saturated carbocycles. The molecule has 2 aromatic rings. The molecule has 0 radical (unpaired) electrons. The Labute approximate surface area is 170 Å². The van der Waals surface area contributed by atoms with Gasteiger partial charge in [0.05, 0.1) is 5.56 Å². The van der Waals surface area contributed by atoms with Crippen molar-refractivity contribution in [2.75, 3.05) is 26.2 Å². The second-order valence-electron chi connectivity index (χ2n) is 8.35. The SMILES string of the molecule is Cn1ccc(C2CCN(C(=O)c3cc(CC4CCNC4)ccc3F)CC2)cc1=O. The smallest absolute Gasteiger partial charge is 0.256 e. The molecule has 0 bridgehead atoms. The van der Waals surface area contributed by atoms with Crippen LogP contribution in [0, 0.1) is 11.7 Å². The van der Waals surface area contributed by atoms with Crippen molar-refractivity contribution < 1.29 is 9.18 Å². The van der Waals surface area contributed by atoms with Crippen molar-refractivity contribution in [2.24, 2.45) is 13.0 Å². The first kappa shape index (κ1) is 19.8. The molecule has 1 aromatic carbocycles. The van der Waals surface area contributed by atoms with Crippen LogP contribution in [0.3, 0.4) is 0 Å². The molecule has 4 rings (SSSR count). The fourth-order valence-electron chi connectivity index (χ4n) is 4.49. The number of nitrogens with one attached hydrogen (secondary N) is 1. The van der Waals surface area contributed by atoms with Gasteiger partial charge in [-0.3, -0.25) is 9.59 Å². The molecule has 6 heteroatoms. The lowest BCUT2D eigenvalue weighted by molar-refractivity contribution is 0.0708. The first-order valence-corrected chi connectivity index (χ1v) is 10.5. The third-order valence-electron chi connectivity index (χ3n) is 6.33. The summed E-state index contributed by atoms with van der Waals surface area (Å²) in [5, 5.41) is 3.35. The van der Waals surface area contributed by atoms with Crippen molar-refractivity contribution in [1.29, 1.82) is 0 Å². The molecule has 1 unspecified atom stereocenters. The fraction of sp³-hybridized carbons (Fsp3) is 0.478. The number of pyridine rings is 1. The lowest BCUT2D eigenvalue weighted by Crippen LogP contribution is -2.38. The molecule has 1 amide bonds. The number of hydrogen-bond donors (Lipinski definition) is 1. The van der Waals surface area contributed by atoms with Crippen LogP contribution in [0.25, 0.3) is 0 Å². The number of hydrogen-bond acceptors (Lipinski definition) is 3. The van der Waals surface area contributed by atoms with Crippen molar-refractivity contribution in [1.82, 2.24) is 14.8 Å². The molecule has 5 nitrogen and oxygen atoms in total. The number of amides is 1. The summed E-state index contributed by atoms with van der Waals surface area (Å²) in [5.74, 6) is 0.144. The van der Waals surface area contributed by atoms with Crippen LogP contribution in [0.4, 0.5) is 4.39 Å². The molecule has 2 fully saturated rings. The number of likely N-dealkylation sites (tertiary alicyclic amines) is 1. The standard InChI is InChI=1S/C23H28FN3O2/c1-26-9-5-19(14-22(26)28)18-6-10-27(11-7-18)23(29)20-13-16(2-3-21(20)24)12-17-4-8-25-15-17/h2-3,5,9,13-14,17-18,25H,4,6-8,10-12,15H2,1H3. The quantitative estimate of drug-likeness (QED) is 0.863. The molecule has 1 atom stereocenters. The fourth-order valence-corrected chi connectivity index (χ4v) is 4.49. The molecule has 0 spiro atoms. The number of carbonyl (C=O) groups excluding carboxylic acids is 1. The highest BCUT2D eigenvalue weighted by atomic mass is 19.1. The summed E-state index contributed by atoms with van der Waals surface area (Å²) in [6.45, 7) is 3.17. The van der Waals surface area contributed by atoms with Crippen molar-refractivity contribution in [3.05, 3.63) is 69.4 Å². The predicted octanol–water partition coefficient (Wildman–Crippen LogP) is 2.70. The minimum absolute atomic E-state index is 0.0163. The van der Waals surface area contributed by atoms with Gasteiger partial charge in [-0.05, 0) is 79.9 Å². The minimum Gasteiger partial charge on any atom is -0.339 e. The summed E-state index contributed by atoms with van der Waals surface area (Å²) in [6.07, 6.45) is 5.35. The Balaban J connectivity index is 1.42. The van der Waals surface area contributed by atoms with Crippen LogP contribution in [0.1, 0.15) is 46.7 Å². The van der Waals surface area contributed by atoms with Crippen molar-refractivity contribution >= 4 is 5.91 Å². The predicted molar refractivity (Wildman–Crippen MR) is 111 cm³/mol. The van der Waals surface area contributed by atoms with E-state index in [-0.39, 0.29) is 22.9 Å². The summed E-state index contributed by atoms with van der Waals surface area (Å²) in [5.41, 5.74) is 2.22. The van der Waals surface area contributed by atoms with Gasteiger partial charge in [-0.15, -0.1) is 0 Å². The Hall–Kier alpha value is -2.47. The maximum atomic E-state index is 14.4. The summed E-state index contributed by atoms with van der Waals surface area (Å²) in [6, 6.07) is 8.63. The molecule has 154 valence electrons. The van der Waals surface area contributed by atoms with Crippen LogP contribution < -0.4 is 10.9 Å². The van der Waals surface area contributed by atoms with E-state index < -0.39 is 5.82 Å². The normalized spacial score (nSPS) is 20.2. The molecular formula is C23H28FN3O2. The number of nitrogens with zero attached hydrogens (tertiary/aromatic N) is 2. The van der Waals surface area contributed by atoms with Crippen molar-refractivity contribution in [2.45, 2.75) is 31.6 Å². The molecule has 29 heavy (non-hydrogen) atoms. The molecule has 2 aliphatic rings. The average Bonchev–Trinajstić information content (AvgIpc) is 3.24. The number of piperidine rings is 1. The zero-order chi connectivity index (χ0) is 20.4. The van der Waals surface area contributed by atoms with Crippen LogP contribution in [0.15, 0.2) is 41.3 Å². The Morgan fingerprint density at radius 2 is 1.97 bits per heavy atom. The number of aryl methyl sites for hydroxylation is 1. The van der Waals surface area contributed by atoms with Gasteiger partial charge in [-0.2, -0.15) is 0 Å². The van der Waals surface area contributed by atoms with E-state index in [9.17, 15) is 14.0 Å². The maximum Gasteiger partial charge on any atom is 0.256 e. The van der Waals surface area contributed by atoms with Crippen molar-refractivity contribution in [3.8, 4) is 0 Å². The summed E-state index contributed by atoms with van der Waals surface area (Å²) >= 11 is 0. The van der Waals surface area contributed by atoms with Gasteiger partial charge in [0, 0.05) is 32.4 Å². The van der Waals surface area contributed by atoms with Crippen LogP contribution in [0.2, 0.25) is 0 Å². The van der Waals surface area contributed by atoms with Gasteiger partial charge in [-0.25, -0.2) is 4.39 Å². The number of halogens is 1. The molecule has 0 aliphatic carbocycles. The maximum absolute atomic E-state index is 14.4. The van der Waals surface area contributed by atoms with Crippen LogP contribution in [-0.4, -0.2) is 41.6 Å². The number of benzene rings is 1. The Bertz CT molecular complexity index is 941. The highest BCUT2D eigenvalue weighted by Crippen LogP contribution is 2.28. The van der Waals surface area contributed by atoms with Gasteiger partial charge in [0.25, 0.3) is 11.5 Å². The Kier molecular flexibility index (Phi) is 5.81. The van der Waals surface area contributed by atoms with Gasteiger partial charge < -0.3 is 14.8 Å². The van der Waals surface area contributed by atoms with E-state index in [1.807, 2.05) is 6.07 Å².